The number of hydrogen-bond acceptors (Lipinski definition) is 1. The van der Waals surface area contributed by atoms with E-state index in [0.29, 0.717) is 6.04 Å². The number of imidazole rings is 1. The van der Waals surface area contributed by atoms with Crippen molar-refractivity contribution in [3.8, 4) is 11.4 Å². The van der Waals surface area contributed by atoms with Crippen LogP contribution in [0.15, 0.2) is 54.6 Å². The van der Waals surface area contributed by atoms with Crippen molar-refractivity contribution in [1.29, 1.82) is 0 Å². The summed E-state index contributed by atoms with van der Waals surface area (Å²) in [5, 5.41) is 0. The molecule has 0 radical (unpaired) electrons. The zero-order valence-corrected chi connectivity index (χ0v) is 14.5. The Morgan fingerprint density at radius 3 is 2.08 bits per heavy atom. The number of fused-ring (bicyclic) bond motifs is 1. The van der Waals surface area contributed by atoms with Crippen molar-refractivity contribution in [3.63, 3.8) is 0 Å². The Bertz CT molecular complexity index is 896. The highest BCUT2D eigenvalue weighted by molar-refractivity contribution is 5.81. The number of benzene rings is 2. The third-order valence-electron chi connectivity index (χ3n) is 7.10. The van der Waals surface area contributed by atoms with Crippen LogP contribution in [0.4, 0.5) is 0 Å². The second kappa shape index (κ2) is 5.20. The molecule has 0 N–H and O–H groups in total. The van der Waals surface area contributed by atoms with Crippen molar-refractivity contribution >= 4 is 11.0 Å². The molecule has 0 aliphatic heterocycles. The smallest absolute Gasteiger partial charge is 0.141 e. The Hall–Kier alpha value is -2.09. The predicted octanol–water partition coefficient (Wildman–Crippen LogP) is 5.70. The van der Waals surface area contributed by atoms with Gasteiger partial charge in [0, 0.05) is 11.6 Å². The highest BCUT2D eigenvalue weighted by atomic mass is 15.1. The minimum atomic E-state index is 0.649. The topological polar surface area (TPSA) is 17.8 Å². The average molecular weight is 328 g/mol. The first-order valence-corrected chi connectivity index (χ1v) is 9.89. The summed E-state index contributed by atoms with van der Waals surface area (Å²) < 4.78 is 2.64. The average Bonchev–Trinajstić information content (AvgIpc) is 3.01. The summed E-state index contributed by atoms with van der Waals surface area (Å²) >= 11 is 0. The predicted molar refractivity (Wildman–Crippen MR) is 101 cm³/mol. The Morgan fingerprint density at radius 1 is 0.720 bits per heavy atom. The molecule has 4 aliphatic carbocycles. The lowest BCUT2D eigenvalue weighted by molar-refractivity contribution is -0.0270. The fraction of sp³-hybridized carbons (Fsp3) is 0.435. The second-order valence-corrected chi connectivity index (χ2v) is 8.58. The van der Waals surface area contributed by atoms with Gasteiger partial charge in [-0.1, -0.05) is 42.5 Å². The summed E-state index contributed by atoms with van der Waals surface area (Å²) in [6, 6.07) is 20.2. The maximum atomic E-state index is 5.08. The van der Waals surface area contributed by atoms with Gasteiger partial charge in [0.2, 0.25) is 0 Å². The molecule has 7 rings (SSSR count). The zero-order valence-electron chi connectivity index (χ0n) is 14.5. The number of nitrogens with zero attached hydrogens (tertiary/aromatic N) is 2. The van der Waals surface area contributed by atoms with Crippen LogP contribution in [0.1, 0.15) is 38.1 Å². The van der Waals surface area contributed by atoms with Gasteiger partial charge in [-0.2, -0.15) is 0 Å². The molecule has 0 spiro atoms. The molecule has 3 aromatic rings. The quantitative estimate of drug-likeness (QED) is 0.590. The lowest BCUT2D eigenvalue weighted by Gasteiger charge is -2.55. The maximum absolute atomic E-state index is 5.08. The van der Waals surface area contributed by atoms with Crippen LogP contribution in [-0.4, -0.2) is 9.55 Å². The van der Waals surface area contributed by atoms with Gasteiger partial charge in [0.05, 0.1) is 11.0 Å². The Morgan fingerprint density at radius 2 is 1.36 bits per heavy atom. The molecule has 4 bridgehead atoms. The van der Waals surface area contributed by atoms with E-state index in [9.17, 15) is 0 Å². The molecule has 2 heteroatoms. The Kier molecular flexibility index (Phi) is 2.94. The number of rotatable bonds is 2. The first-order valence-electron chi connectivity index (χ1n) is 9.89. The van der Waals surface area contributed by atoms with Crippen LogP contribution in [0.5, 0.6) is 0 Å². The van der Waals surface area contributed by atoms with E-state index in [0.717, 1.165) is 29.2 Å². The normalized spacial score (nSPS) is 33.2. The monoisotopic (exact) mass is 328 g/mol. The Balaban J connectivity index is 1.57. The SMILES string of the molecule is c1ccc(-c2nc3ccccc3n2C2C3CC4CC(C3)CC2C4)cc1. The van der Waals surface area contributed by atoms with Crippen LogP contribution < -0.4 is 0 Å². The minimum Gasteiger partial charge on any atom is -0.320 e. The van der Waals surface area contributed by atoms with Crippen molar-refractivity contribution in [3.05, 3.63) is 54.6 Å². The Labute approximate surface area is 148 Å². The van der Waals surface area contributed by atoms with E-state index in [1.165, 1.54) is 49.0 Å². The molecule has 25 heavy (non-hydrogen) atoms. The maximum Gasteiger partial charge on any atom is 0.141 e. The van der Waals surface area contributed by atoms with Crippen LogP contribution in [0, 0.1) is 23.7 Å². The fourth-order valence-electron chi connectivity index (χ4n) is 6.46. The summed E-state index contributed by atoms with van der Waals surface area (Å²) in [5.41, 5.74) is 3.74. The third-order valence-corrected chi connectivity index (χ3v) is 7.10. The molecule has 4 saturated carbocycles. The van der Waals surface area contributed by atoms with Crippen molar-refractivity contribution in [2.45, 2.75) is 38.1 Å². The first-order chi connectivity index (χ1) is 12.4. The van der Waals surface area contributed by atoms with E-state index in [-0.39, 0.29) is 0 Å². The lowest BCUT2D eigenvalue weighted by Crippen LogP contribution is -2.46. The van der Waals surface area contributed by atoms with Gasteiger partial charge in [0.25, 0.3) is 0 Å². The van der Waals surface area contributed by atoms with Gasteiger partial charge in [0.15, 0.2) is 0 Å². The van der Waals surface area contributed by atoms with Gasteiger partial charge in [-0.05, 0) is 67.9 Å². The van der Waals surface area contributed by atoms with E-state index >= 15 is 0 Å². The van der Waals surface area contributed by atoms with Gasteiger partial charge in [-0.15, -0.1) is 0 Å². The minimum absolute atomic E-state index is 0.649. The molecule has 2 aromatic carbocycles. The van der Waals surface area contributed by atoms with Crippen molar-refractivity contribution < 1.29 is 0 Å². The molecule has 4 fully saturated rings. The molecule has 4 aliphatic rings. The van der Waals surface area contributed by atoms with Crippen molar-refractivity contribution in [2.75, 3.05) is 0 Å². The second-order valence-electron chi connectivity index (χ2n) is 8.58. The molecule has 0 saturated heterocycles. The lowest BCUT2D eigenvalue weighted by atomic mass is 9.54. The molecule has 0 unspecified atom stereocenters. The summed E-state index contributed by atoms with van der Waals surface area (Å²) in [7, 11) is 0. The standard InChI is InChI=1S/C23H24N2/c1-2-6-17(7-3-1)23-24-20-8-4-5-9-21(20)25(23)22-18-11-15-10-16(13-18)14-19(22)12-15/h1-9,15-16,18-19,22H,10-14H2. The number of para-hydroxylation sites is 2. The van der Waals surface area contributed by atoms with Crippen LogP contribution in [0.2, 0.25) is 0 Å². The van der Waals surface area contributed by atoms with Gasteiger partial charge in [0.1, 0.15) is 5.82 Å². The molecular weight excluding hydrogens is 304 g/mol. The van der Waals surface area contributed by atoms with Gasteiger partial charge in [-0.3, -0.25) is 0 Å². The highest BCUT2D eigenvalue weighted by Crippen LogP contribution is 2.59. The highest BCUT2D eigenvalue weighted by Gasteiger charge is 2.49. The van der Waals surface area contributed by atoms with E-state index < -0.39 is 0 Å². The van der Waals surface area contributed by atoms with E-state index in [1.54, 1.807) is 0 Å². The van der Waals surface area contributed by atoms with E-state index in [4.69, 9.17) is 4.98 Å². The van der Waals surface area contributed by atoms with Crippen LogP contribution in [0.25, 0.3) is 22.4 Å². The summed E-state index contributed by atoms with van der Waals surface area (Å²) in [5.74, 6) is 4.91. The first kappa shape index (κ1) is 14.1. The summed E-state index contributed by atoms with van der Waals surface area (Å²) in [6.45, 7) is 0. The summed E-state index contributed by atoms with van der Waals surface area (Å²) in [4.78, 5) is 5.08. The third kappa shape index (κ3) is 2.06. The largest absolute Gasteiger partial charge is 0.320 e. The van der Waals surface area contributed by atoms with Gasteiger partial charge in [-0.25, -0.2) is 4.98 Å². The molecule has 0 atom stereocenters. The molecule has 2 nitrogen and oxygen atoms in total. The van der Waals surface area contributed by atoms with Crippen molar-refractivity contribution in [2.24, 2.45) is 23.7 Å². The van der Waals surface area contributed by atoms with Gasteiger partial charge >= 0.3 is 0 Å². The number of aromatic nitrogens is 2. The van der Waals surface area contributed by atoms with E-state index in [1.807, 2.05) is 0 Å². The molecular formula is C23H24N2. The van der Waals surface area contributed by atoms with Crippen molar-refractivity contribution in [1.82, 2.24) is 9.55 Å². The fourth-order valence-corrected chi connectivity index (χ4v) is 6.46. The molecule has 126 valence electrons. The molecule has 1 aromatic heterocycles. The molecule has 0 amide bonds. The van der Waals surface area contributed by atoms with E-state index in [2.05, 4.69) is 59.2 Å². The zero-order chi connectivity index (χ0) is 16.4. The van der Waals surface area contributed by atoms with Crippen LogP contribution >= 0.6 is 0 Å². The molecule has 1 heterocycles. The summed E-state index contributed by atoms with van der Waals surface area (Å²) in [6.07, 6.45) is 7.28. The number of hydrogen-bond donors (Lipinski definition) is 0. The van der Waals surface area contributed by atoms with Crippen LogP contribution in [0.3, 0.4) is 0 Å². The van der Waals surface area contributed by atoms with Crippen LogP contribution in [-0.2, 0) is 0 Å². The van der Waals surface area contributed by atoms with Gasteiger partial charge < -0.3 is 4.57 Å².